The summed E-state index contributed by atoms with van der Waals surface area (Å²) in [6, 6.07) is 2.42. The second-order valence-corrected chi connectivity index (χ2v) is 5.09. The predicted molar refractivity (Wildman–Crippen MR) is 73.1 cm³/mol. The summed E-state index contributed by atoms with van der Waals surface area (Å²) in [6.45, 7) is 0. The summed E-state index contributed by atoms with van der Waals surface area (Å²) in [7, 11) is 0. The molecular formula is C15H11F2NO4. The highest BCUT2D eigenvalue weighted by Crippen LogP contribution is 2.37. The number of fused-ring (bicyclic) bond motifs is 3. The molecule has 7 heteroatoms. The number of carbonyl (C=O) groups is 1. The van der Waals surface area contributed by atoms with Gasteiger partial charge in [0.1, 0.15) is 5.75 Å². The van der Waals surface area contributed by atoms with Gasteiger partial charge in [-0.25, -0.2) is 13.6 Å². The normalized spacial score (nSPS) is 13.2. The molecule has 0 spiro atoms. The number of nitrogens with one attached hydrogen (secondary N) is 1. The molecular weight excluding hydrogens is 296 g/mol. The van der Waals surface area contributed by atoms with E-state index in [1.54, 1.807) is 0 Å². The molecule has 0 saturated heterocycles. The fourth-order valence-corrected chi connectivity index (χ4v) is 2.81. The first kappa shape index (κ1) is 14.2. The zero-order valence-electron chi connectivity index (χ0n) is 11.2. The number of benzene rings is 1. The van der Waals surface area contributed by atoms with Gasteiger partial charge in [-0.2, -0.15) is 0 Å². The minimum absolute atomic E-state index is 0.0583. The standard InChI is InChI=1S/C15H11F2NO4/c16-8-5-4-6-2-1-3-7-12(9(6)11(8)17)18-14(20)10(13(7)19)15(21)22/h4-5H,1-3H2,(H,21,22)(H2,18,19,20). The molecule has 1 aromatic heterocycles. The minimum atomic E-state index is -1.58. The number of H-pyrrole nitrogens is 1. The van der Waals surface area contributed by atoms with Crippen LogP contribution in [0.5, 0.6) is 5.75 Å². The number of hydrogen-bond donors (Lipinski definition) is 3. The first-order chi connectivity index (χ1) is 10.4. The molecule has 0 radical (unpaired) electrons. The number of carboxylic acid groups (broad SMARTS) is 1. The van der Waals surface area contributed by atoms with Crippen LogP contribution in [0.4, 0.5) is 8.78 Å². The van der Waals surface area contributed by atoms with Crippen LogP contribution >= 0.6 is 0 Å². The summed E-state index contributed by atoms with van der Waals surface area (Å²) >= 11 is 0. The zero-order valence-corrected chi connectivity index (χ0v) is 11.2. The van der Waals surface area contributed by atoms with E-state index in [1.165, 1.54) is 6.07 Å². The topological polar surface area (TPSA) is 90.4 Å². The van der Waals surface area contributed by atoms with Crippen LogP contribution in [0.25, 0.3) is 11.3 Å². The molecule has 0 aliphatic heterocycles. The third kappa shape index (κ3) is 1.97. The number of rotatable bonds is 1. The Morgan fingerprint density at radius 1 is 1.23 bits per heavy atom. The molecule has 1 aliphatic carbocycles. The van der Waals surface area contributed by atoms with E-state index in [0.717, 1.165) is 6.07 Å². The number of carboxylic acids is 1. The van der Waals surface area contributed by atoms with E-state index in [-0.39, 0.29) is 23.2 Å². The Balaban J connectivity index is 2.42. The van der Waals surface area contributed by atoms with E-state index in [2.05, 4.69) is 4.98 Å². The first-order valence-corrected chi connectivity index (χ1v) is 6.60. The molecule has 0 saturated carbocycles. The number of pyridine rings is 1. The highest BCUT2D eigenvalue weighted by molar-refractivity contribution is 5.92. The maximum Gasteiger partial charge on any atom is 0.345 e. The van der Waals surface area contributed by atoms with Gasteiger partial charge in [0.15, 0.2) is 17.2 Å². The van der Waals surface area contributed by atoms with Crippen LogP contribution in [0.2, 0.25) is 0 Å². The van der Waals surface area contributed by atoms with Crippen molar-refractivity contribution in [1.82, 2.24) is 4.98 Å². The fourth-order valence-electron chi connectivity index (χ4n) is 2.81. The van der Waals surface area contributed by atoms with Gasteiger partial charge < -0.3 is 15.2 Å². The molecule has 0 amide bonds. The quantitative estimate of drug-likeness (QED) is 0.753. The van der Waals surface area contributed by atoms with Crippen molar-refractivity contribution in [3.8, 4) is 17.0 Å². The second kappa shape index (κ2) is 4.94. The van der Waals surface area contributed by atoms with Gasteiger partial charge in [-0.15, -0.1) is 0 Å². The van der Waals surface area contributed by atoms with E-state index in [0.29, 0.717) is 18.4 Å². The number of hydrogen-bond acceptors (Lipinski definition) is 3. The van der Waals surface area contributed by atoms with Gasteiger partial charge in [-0.1, -0.05) is 6.07 Å². The molecule has 0 atom stereocenters. The van der Waals surface area contributed by atoms with Gasteiger partial charge in [-0.3, -0.25) is 4.79 Å². The Bertz CT molecular complexity index is 858. The molecule has 0 unspecified atom stereocenters. The number of aromatic nitrogens is 1. The molecule has 22 heavy (non-hydrogen) atoms. The molecule has 1 aliphatic rings. The van der Waals surface area contributed by atoms with Gasteiger partial charge in [0, 0.05) is 11.1 Å². The van der Waals surface area contributed by atoms with Crippen molar-refractivity contribution in [2.75, 3.05) is 0 Å². The van der Waals surface area contributed by atoms with Crippen LogP contribution in [0, 0.1) is 11.6 Å². The number of aromatic hydroxyl groups is 1. The Morgan fingerprint density at radius 2 is 1.95 bits per heavy atom. The van der Waals surface area contributed by atoms with Crippen molar-refractivity contribution >= 4 is 5.97 Å². The van der Waals surface area contributed by atoms with Gasteiger partial charge in [0.2, 0.25) is 0 Å². The summed E-state index contributed by atoms with van der Waals surface area (Å²) in [6.07, 6.45) is 1.17. The Morgan fingerprint density at radius 3 is 2.64 bits per heavy atom. The van der Waals surface area contributed by atoms with E-state index in [9.17, 15) is 23.5 Å². The van der Waals surface area contributed by atoms with E-state index in [1.807, 2.05) is 0 Å². The van der Waals surface area contributed by atoms with Crippen molar-refractivity contribution in [2.45, 2.75) is 19.3 Å². The maximum atomic E-state index is 14.2. The van der Waals surface area contributed by atoms with Crippen molar-refractivity contribution < 1.29 is 23.8 Å². The fraction of sp³-hybridized carbons (Fsp3) is 0.200. The van der Waals surface area contributed by atoms with Gasteiger partial charge in [-0.05, 0) is 30.9 Å². The van der Waals surface area contributed by atoms with Gasteiger partial charge in [0.05, 0.1) is 5.69 Å². The van der Waals surface area contributed by atoms with Crippen molar-refractivity contribution in [3.05, 3.63) is 50.8 Å². The predicted octanol–water partition coefficient (Wildman–Crippen LogP) is 2.21. The summed E-state index contributed by atoms with van der Waals surface area (Å²) < 4.78 is 27.7. The number of aryl methyl sites for hydroxylation is 1. The average molecular weight is 307 g/mol. The van der Waals surface area contributed by atoms with Gasteiger partial charge >= 0.3 is 5.97 Å². The summed E-state index contributed by atoms with van der Waals surface area (Å²) in [5.41, 5.74) is -1.43. The van der Waals surface area contributed by atoms with Crippen LogP contribution in [0.3, 0.4) is 0 Å². The third-order valence-corrected chi connectivity index (χ3v) is 3.81. The molecule has 0 bridgehead atoms. The monoisotopic (exact) mass is 307 g/mol. The molecule has 1 heterocycles. The van der Waals surface area contributed by atoms with Crippen LogP contribution in [-0.2, 0) is 12.8 Å². The number of aromatic amines is 1. The average Bonchev–Trinajstić information content (AvgIpc) is 2.62. The summed E-state index contributed by atoms with van der Waals surface area (Å²) in [5.74, 6) is -4.47. The molecule has 2 aromatic rings. The first-order valence-electron chi connectivity index (χ1n) is 6.60. The lowest BCUT2D eigenvalue weighted by atomic mass is 9.99. The summed E-state index contributed by atoms with van der Waals surface area (Å²) in [5, 5.41) is 19.1. The second-order valence-electron chi connectivity index (χ2n) is 5.09. The zero-order chi connectivity index (χ0) is 16.0. The SMILES string of the molecule is O=C(O)c1c(O)c2c([nH]c1=O)-c1c(ccc(F)c1F)CCC2. The van der Waals surface area contributed by atoms with Crippen molar-refractivity contribution in [2.24, 2.45) is 0 Å². The maximum absolute atomic E-state index is 14.2. The Hall–Kier alpha value is -2.70. The van der Waals surface area contributed by atoms with Crippen LogP contribution in [0.15, 0.2) is 16.9 Å². The summed E-state index contributed by atoms with van der Waals surface area (Å²) in [4.78, 5) is 25.2. The largest absolute Gasteiger partial charge is 0.506 e. The Labute approximate surface area is 122 Å². The lowest BCUT2D eigenvalue weighted by Crippen LogP contribution is -2.20. The lowest BCUT2D eigenvalue weighted by Gasteiger charge is -2.13. The third-order valence-electron chi connectivity index (χ3n) is 3.81. The van der Waals surface area contributed by atoms with E-state index in [4.69, 9.17) is 5.11 Å². The number of aromatic carboxylic acids is 1. The highest BCUT2D eigenvalue weighted by atomic mass is 19.2. The smallest absolute Gasteiger partial charge is 0.345 e. The van der Waals surface area contributed by atoms with Crippen molar-refractivity contribution in [1.29, 1.82) is 0 Å². The Kier molecular flexibility index (Phi) is 3.20. The van der Waals surface area contributed by atoms with E-state index < -0.39 is 34.5 Å². The van der Waals surface area contributed by atoms with Crippen LogP contribution < -0.4 is 5.56 Å². The minimum Gasteiger partial charge on any atom is -0.506 e. The van der Waals surface area contributed by atoms with Crippen LogP contribution in [0.1, 0.15) is 27.9 Å². The van der Waals surface area contributed by atoms with E-state index >= 15 is 0 Å². The molecule has 114 valence electrons. The highest BCUT2D eigenvalue weighted by Gasteiger charge is 2.27. The molecule has 3 rings (SSSR count). The van der Waals surface area contributed by atoms with Gasteiger partial charge in [0.25, 0.3) is 5.56 Å². The number of halogens is 2. The van der Waals surface area contributed by atoms with Crippen LogP contribution in [-0.4, -0.2) is 21.2 Å². The lowest BCUT2D eigenvalue weighted by molar-refractivity contribution is 0.0691. The molecule has 3 N–H and O–H groups in total. The molecule has 1 aromatic carbocycles. The molecule has 0 fully saturated rings. The van der Waals surface area contributed by atoms with Crippen molar-refractivity contribution in [3.63, 3.8) is 0 Å². The molecule has 5 nitrogen and oxygen atoms in total.